The highest BCUT2D eigenvalue weighted by atomic mass is 16.1. The van der Waals surface area contributed by atoms with Gasteiger partial charge in [0.05, 0.1) is 0 Å². The van der Waals surface area contributed by atoms with E-state index in [4.69, 9.17) is 0 Å². The van der Waals surface area contributed by atoms with Crippen LogP contribution >= 0.6 is 0 Å². The standard InChI is InChI=1S/C26H45NO/c1-3-4-5-6-7-8-9-10-11-12-13-14-15-16-17-18-19-20-21-22-23-24-25-27-26(2)28/h3-13,18-25H2,1-2H3,(H,27,28). The predicted molar refractivity (Wildman–Crippen MR) is 123 cm³/mol. The van der Waals surface area contributed by atoms with Crippen molar-refractivity contribution in [1.82, 2.24) is 5.32 Å². The van der Waals surface area contributed by atoms with Gasteiger partial charge >= 0.3 is 0 Å². The highest BCUT2D eigenvalue weighted by Gasteiger charge is 1.93. The Balaban J connectivity index is 3.24. The Kier molecular flexibility index (Phi) is 22.4. The quantitative estimate of drug-likeness (QED) is 0.196. The Labute approximate surface area is 176 Å². The molecule has 0 spiro atoms. The van der Waals surface area contributed by atoms with E-state index in [0.717, 1.165) is 25.8 Å². The molecule has 0 saturated heterocycles. The molecule has 0 aliphatic carbocycles. The summed E-state index contributed by atoms with van der Waals surface area (Å²) in [6.07, 6.45) is 23.0. The van der Waals surface area contributed by atoms with Gasteiger partial charge in [0.2, 0.25) is 5.91 Å². The van der Waals surface area contributed by atoms with Gasteiger partial charge < -0.3 is 5.32 Å². The Morgan fingerprint density at radius 1 is 0.607 bits per heavy atom. The molecule has 2 nitrogen and oxygen atoms in total. The Morgan fingerprint density at radius 3 is 1.43 bits per heavy atom. The second-order valence-corrected chi connectivity index (χ2v) is 7.89. The number of hydrogen-bond donors (Lipinski definition) is 1. The van der Waals surface area contributed by atoms with Crippen molar-refractivity contribution in [3.05, 3.63) is 0 Å². The average Bonchev–Trinajstić information content (AvgIpc) is 2.68. The number of amides is 1. The van der Waals surface area contributed by atoms with E-state index >= 15 is 0 Å². The number of unbranched alkanes of at least 4 members (excludes halogenated alkanes) is 16. The monoisotopic (exact) mass is 387 g/mol. The highest BCUT2D eigenvalue weighted by Crippen LogP contribution is 2.11. The first-order valence-electron chi connectivity index (χ1n) is 12.0. The van der Waals surface area contributed by atoms with Crippen LogP contribution in [0.2, 0.25) is 0 Å². The molecule has 2 heteroatoms. The molecule has 0 fully saturated rings. The van der Waals surface area contributed by atoms with Crippen LogP contribution in [0.3, 0.4) is 0 Å². The molecule has 0 atom stereocenters. The number of nitrogens with one attached hydrogen (secondary N) is 1. The minimum atomic E-state index is 0.0742. The third-order valence-corrected chi connectivity index (χ3v) is 5.00. The smallest absolute Gasteiger partial charge is 0.216 e. The third-order valence-electron chi connectivity index (χ3n) is 5.00. The normalized spacial score (nSPS) is 9.93. The van der Waals surface area contributed by atoms with Gasteiger partial charge in [-0.15, -0.1) is 0 Å². The predicted octanol–water partition coefficient (Wildman–Crippen LogP) is 7.17. The lowest BCUT2D eigenvalue weighted by Crippen LogP contribution is -2.20. The Hall–Kier alpha value is -1.41. The summed E-state index contributed by atoms with van der Waals surface area (Å²) in [6.45, 7) is 4.67. The van der Waals surface area contributed by atoms with Crippen molar-refractivity contribution in [3.8, 4) is 23.7 Å². The highest BCUT2D eigenvalue weighted by molar-refractivity contribution is 5.72. The molecule has 0 unspecified atom stereocenters. The minimum Gasteiger partial charge on any atom is -0.356 e. The fraction of sp³-hybridized carbons (Fsp3) is 0.808. The molecule has 1 amide bonds. The zero-order chi connectivity index (χ0) is 20.5. The molecular weight excluding hydrogens is 342 g/mol. The van der Waals surface area contributed by atoms with Gasteiger partial charge in [-0.2, -0.15) is 0 Å². The molecule has 1 N–H and O–H groups in total. The number of carbonyl (C=O) groups excluding carboxylic acids is 1. The summed E-state index contributed by atoms with van der Waals surface area (Å²) < 4.78 is 0. The number of carbonyl (C=O) groups is 1. The second kappa shape index (κ2) is 23.6. The lowest BCUT2D eigenvalue weighted by atomic mass is 10.1. The maximum absolute atomic E-state index is 10.7. The Bertz CT molecular complexity index is 460. The van der Waals surface area contributed by atoms with Gasteiger partial charge in [0.15, 0.2) is 0 Å². The van der Waals surface area contributed by atoms with Crippen molar-refractivity contribution in [3.63, 3.8) is 0 Å². The van der Waals surface area contributed by atoms with Crippen LogP contribution in [0.4, 0.5) is 0 Å². The topological polar surface area (TPSA) is 29.1 Å². The summed E-state index contributed by atoms with van der Waals surface area (Å²) in [5.41, 5.74) is 0. The molecule has 0 aliphatic rings. The molecular formula is C26H45NO. The van der Waals surface area contributed by atoms with Crippen molar-refractivity contribution < 1.29 is 4.79 Å². The summed E-state index contributed by atoms with van der Waals surface area (Å²) in [6, 6.07) is 0. The molecule has 0 aromatic heterocycles. The molecule has 0 heterocycles. The van der Waals surface area contributed by atoms with Gasteiger partial charge in [-0.3, -0.25) is 4.79 Å². The molecule has 0 aromatic carbocycles. The molecule has 0 aliphatic heterocycles. The first-order chi connectivity index (χ1) is 13.8. The molecule has 0 aromatic rings. The number of rotatable bonds is 18. The summed E-state index contributed by atoms with van der Waals surface area (Å²) in [5, 5.41) is 2.84. The SMILES string of the molecule is CCCCCCCCCCCCC#CC#CCCCCCCCCNC(C)=O. The summed E-state index contributed by atoms with van der Waals surface area (Å²) in [7, 11) is 0. The van der Waals surface area contributed by atoms with Gasteiger partial charge in [0.1, 0.15) is 0 Å². The summed E-state index contributed by atoms with van der Waals surface area (Å²) in [4.78, 5) is 10.7. The van der Waals surface area contributed by atoms with E-state index in [2.05, 4.69) is 35.9 Å². The van der Waals surface area contributed by atoms with Crippen LogP contribution in [0.15, 0.2) is 0 Å². The first-order valence-corrected chi connectivity index (χ1v) is 12.0. The van der Waals surface area contributed by atoms with Gasteiger partial charge in [-0.1, -0.05) is 102 Å². The summed E-state index contributed by atoms with van der Waals surface area (Å²) in [5.74, 6) is 12.5. The van der Waals surface area contributed by atoms with Gasteiger partial charge in [-0.05, 0) is 31.1 Å². The van der Waals surface area contributed by atoms with E-state index in [1.165, 1.54) is 96.3 Å². The van der Waals surface area contributed by atoms with E-state index < -0.39 is 0 Å². The zero-order valence-electron chi connectivity index (χ0n) is 18.8. The first kappa shape index (κ1) is 26.6. The van der Waals surface area contributed by atoms with Gasteiger partial charge in [-0.25, -0.2) is 0 Å². The molecule has 0 bridgehead atoms. The van der Waals surface area contributed by atoms with Crippen LogP contribution in [0.1, 0.15) is 129 Å². The summed E-state index contributed by atoms with van der Waals surface area (Å²) >= 11 is 0. The molecule has 0 radical (unpaired) electrons. The van der Waals surface area contributed by atoms with E-state index in [0.29, 0.717) is 0 Å². The largest absolute Gasteiger partial charge is 0.356 e. The van der Waals surface area contributed by atoms with Crippen molar-refractivity contribution in [2.45, 2.75) is 129 Å². The minimum absolute atomic E-state index is 0.0742. The zero-order valence-corrected chi connectivity index (χ0v) is 18.8. The fourth-order valence-electron chi connectivity index (χ4n) is 3.22. The van der Waals surface area contributed by atoms with E-state index in [1.807, 2.05) is 0 Å². The maximum atomic E-state index is 10.7. The van der Waals surface area contributed by atoms with Crippen molar-refractivity contribution in [2.75, 3.05) is 6.54 Å². The molecule has 160 valence electrons. The van der Waals surface area contributed by atoms with E-state index in [1.54, 1.807) is 6.92 Å². The molecule has 0 saturated carbocycles. The van der Waals surface area contributed by atoms with Crippen LogP contribution in [0, 0.1) is 23.7 Å². The average molecular weight is 388 g/mol. The maximum Gasteiger partial charge on any atom is 0.216 e. The molecule has 28 heavy (non-hydrogen) atoms. The van der Waals surface area contributed by atoms with Gasteiger partial charge in [0.25, 0.3) is 0 Å². The van der Waals surface area contributed by atoms with Crippen molar-refractivity contribution in [1.29, 1.82) is 0 Å². The van der Waals surface area contributed by atoms with Crippen LogP contribution in [0.25, 0.3) is 0 Å². The lowest BCUT2D eigenvalue weighted by molar-refractivity contribution is -0.118. The van der Waals surface area contributed by atoms with Crippen LogP contribution in [-0.4, -0.2) is 12.5 Å². The fourth-order valence-corrected chi connectivity index (χ4v) is 3.22. The third kappa shape index (κ3) is 24.6. The van der Waals surface area contributed by atoms with Crippen LogP contribution in [-0.2, 0) is 4.79 Å². The van der Waals surface area contributed by atoms with Crippen molar-refractivity contribution in [2.24, 2.45) is 0 Å². The Morgan fingerprint density at radius 2 is 1.00 bits per heavy atom. The van der Waals surface area contributed by atoms with Crippen LogP contribution < -0.4 is 5.32 Å². The number of hydrogen-bond acceptors (Lipinski definition) is 1. The van der Waals surface area contributed by atoms with Gasteiger partial charge in [0, 0.05) is 26.3 Å². The van der Waals surface area contributed by atoms with E-state index in [9.17, 15) is 4.79 Å². The van der Waals surface area contributed by atoms with Crippen LogP contribution in [0.5, 0.6) is 0 Å². The second-order valence-electron chi connectivity index (χ2n) is 7.89. The van der Waals surface area contributed by atoms with E-state index in [-0.39, 0.29) is 5.91 Å². The van der Waals surface area contributed by atoms with Crippen molar-refractivity contribution >= 4 is 5.91 Å². The molecule has 0 rings (SSSR count). The lowest BCUT2D eigenvalue weighted by Gasteiger charge is -2.01.